The Hall–Kier alpha value is -2.24. The molecule has 2 saturated heterocycles. The fourth-order valence-corrected chi connectivity index (χ4v) is 3.46. The van der Waals surface area contributed by atoms with Crippen molar-refractivity contribution in [1.82, 2.24) is 9.80 Å². The van der Waals surface area contributed by atoms with Crippen LogP contribution in [0.25, 0.3) is 0 Å². The third kappa shape index (κ3) is 3.57. The molecule has 23 heavy (non-hydrogen) atoms. The molecule has 2 aliphatic rings. The molecule has 0 aliphatic carbocycles. The molecule has 0 saturated carbocycles. The molecule has 3 amide bonds. The average Bonchev–Trinajstić information content (AvgIpc) is 2.62. The van der Waals surface area contributed by atoms with Gasteiger partial charge >= 0.3 is 6.03 Å². The Kier molecular flexibility index (Phi) is 4.69. The maximum atomic E-state index is 12.7. The highest BCUT2D eigenvalue weighted by Crippen LogP contribution is 2.21. The van der Waals surface area contributed by atoms with Crippen molar-refractivity contribution >= 4 is 17.6 Å². The number of benzene rings is 1. The molecule has 0 unspecified atom stereocenters. The van der Waals surface area contributed by atoms with E-state index in [1.165, 1.54) is 5.69 Å². The number of rotatable bonds is 2. The summed E-state index contributed by atoms with van der Waals surface area (Å²) in [6.07, 6.45) is 1.70. The van der Waals surface area contributed by atoms with Gasteiger partial charge in [-0.05, 0) is 25.0 Å². The zero-order chi connectivity index (χ0) is 16.2. The predicted octanol–water partition coefficient (Wildman–Crippen LogP) is 1.13. The number of piperazine rings is 1. The minimum Gasteiger partial charge on any atom is -0.368 e. The van der Waals surface area contributed by atoms with Gasteiger partial charge in [0.2, 0.25) is 5.91 Å². The van der Waals surface area contributed by atoms with Crippen molar-refractivity contribution < 1.29 is 9.59 Å². The summed E-state index contributed by atoms with van der Waals surface area (Å²) < 4.78 is 0. The summed E-state index contributed by atoms with van der Waals surface area (Å²) in [7, 11) is 0. The van der Waals surface area contributed by atoms with Crippen LogP contribution < -0.4 is 10.6 Å². The third-order valence-corrected chi connectivity index (χ3v) is 4.79. The molecule has 1 aromatic carbocycles. The smallest absolute Gasteiger partial charge is 0.314 e. The van der Waals surface area contributed by atoms with E-state index >= 15 is 0 Å². The van der Waals surface area contributed by atoms with Crippen LogP contribution in [0.1, 0.15) is 12.8 Å². The van der Waals surface area contributed by atoms with Crippen LogP contribution in [0.4, 0.5) is 10.5 Å². The molecular formula is C17H24N4O2. The molecular weight excluding hydrogens is 292 g/mol. The summed E-state index contributed by atoms with van der Waals surface area (Å²) in [6.45, 7) is 4.31. The lowest BCUT2D eigenvalue weighted by molar-refractivity contribution is -0.137. The second-order valence-electron chi connectivity index (χ2n) is 6.27. The fraction of sp³-hybridized carbons (Fsp3) is 0.529. The number of carbonyl (C=O) groups excluding carboxylic acids is 2. The van der Waals surface area contributed by atoms with Gasteiger partial charge in [0, 0.05) is 45.0 Å². The largest absolute Gasteiger partial charge is 0.368 e. The minimum atomic E-state index is -0.420. The molecule has 2 aliphatic heterocycles. The first-order chi connectivity index (χ1) is 11.1. The number of nitrogens with two attached hydrogens (primary N) is 1. The van der Waals surface area contributed by atoms with Gasteiger partial charge in [-0.1, -0.05) is 18.2 Å². The van der Waals surface area contributed by atoms with E-state index in [0.29, 0.717) is 13.1 Å². The van der Waals surface area contributed by atoms with Gasteiger partial charge in [0.25, 0.3) is 0 Å². The SMILES string of the molecule is NC(=O)N1CCC[C@H](C(=O)N2CCN(c3ccccc3)CC2)C1. The average molecular weight is 316 g/mol. The molecule has 1 aromatic rings. The lowest BCUT2D eigenvalue weighted by atomic mass is 9.96. The Morgan fingerprint density at radius 3 is 2.30 bits per heavy atom. The molecule has 2 heterocycles. The number of nitrogens with zero attached hydrogens (tertiary/aromatic N) is 3. The number of urea groups is 1. The normalized spacial score (nSPS) is 22.1. The van der Waals surface area contributed by atoms with E-state index in [2.05, 4.69) is 17.0 Å². The Bertz CT molecular complexity index is 555. The van der Waals surface area contributed by atoms with Gasteiger partial charge in [0.05, 0.1) is 5.92 Å². The molecule has 0 bridgehead atoms. The molecule has 2 N–H and O–H groups in total. The molecule has 2 fully saturated rings. The van der Waals surface area contributed by atoms with E-state index < -0.39 is 6.03 Å². The monoisotopic (exact) mass is 316 g/mol. The van der Waals surface area contributed by atoms with Gasteiger partial charge in [-0.3, -0.25) is 4.79 Å². The van der Waals surface area contributed by atoms with Crippen molar-refractivity contribution in [2.24, 2.45) is 11.7 Å². The standard InChI is InChI=1S/C17H24N4O2/c18-17(23)21-8-4-5-14(13-21)16(22)20-11-9-19(10-12-20)15-6-2-1-3-7-15/h1-3,6-7,14H,4-5,8-13H2,(H2,18,23)/t14-/m0/s1. The Balaban J connectivity index is 1.55. The number of carbonyl (C=O) groups is 2. The van der Waals surface area contributed by atoms with E-state index in [9.17, 15) is 9.59 Å². The van der Waals surface area contributed by atoms with Crippen molar-refractivity contribution in [2.45, 2.75) is 12.8 Å². The number of para-hydroxylation sites is 1. The van der Waals surface area contributed by atoms with E-state index in [0.717, 1.165) is 39.0 Å². The van der Waals surface area contributed by atoms with Gasteiger partial charge in [-0.2, -0.15) is 0 Å². The zero-order valence-corrected chi connectivity index (χ0v) is 13.4. The molecule has 0 aromatic heterocycles. The Morgan fingerprint density at radius 2 is 1.65 bits per heavy atom. The quantitative estimate of drug-likeness (QED) is 0.889. The number of likely N-dealkylation sites (tertiary alicyclic amines) is 1. The van der Waals surface area contributed by atoms with E-state index in [1.54, 1.807) is 4.90 Å². The van der Waals surface area contributed by atoms with Crippen LogP contribution in [0.2, 0.25) is 0 Å². The summed E-state index contributed by atoms with van der Waals surface area (Å²) in [4.78, 5) is 29.8. The van der Waals surface area contributed by atoms with Crippen LogP contribution in [-0.4, -0.2) is 61.0 Å². The topological polar surface area (TPSA) is 69.9 Å². The highest BCUT2D eigenvalue weighted by molar-refractivity contribution is 5.81. The van der Waals surface area contributed by atoms with Crippen molar-refractivity contribution in [1.29, 1.82) is 0 Å². The summed E-state index contributed by atoms with van der Waals surface area (Å²) in [5.41, 5.74) is 6.55. The fourth-order valence-electron chi connectivity index (χ4n) is 3.46. The molecule has 6 heteroatoms. The highest BCUT2D eigenvalue weighted by atomic mass is 16.2. The predicted molar refractivity (Wildman–Crippen MR) is 89.1 cm³/mol. The van der Waals surface area contributed by atoms with Crippen molar-refractivity contribution in [3.63, 3.8) is 0 Å². The molecule has 6 nitrogen and oxygen atoms in total. The number of hydrogen-bond donors (Lipinski definition) is 1. The lowest BCUT2D eigenvalue weighted by Crippen LogP contribution is -2.53. The summed E-state index contributed by atoms with van der Waals surface area (Å²) in [5, 5.41) is 0. The number of hydrogen-bond acceptors (Lipinski definition) is 3. The van der Waals surface area contributed by atoms with Crippen LogP contribution in [0.15, 0.2) is 30.3 Å². The van der Waals surface area contributed by atoms with Gasteiger partial charge in [-0.25, -0.2) is 4.79 Å². The molecule has 124 valence electrons. The van der Waals surface area contributed by atoms with Crippen LogP contribution >= 0.6 is 0 Å². The second kappa shape index (κ2) is 6.89. The van der Waals surface area contributed by atoms with Crippen molar-refractivity contribution in [2.75, 3.05) is 44.2 Å². The van der Waals surface area contributed by atoms with Crippen LogP contribution in [0, 0.1) is 5.92 Å². The molecule has 3 rings (SSSR count). The van der Waals surface area contributed by atoms with Gasteiger partial charge in [0.15, 0.2) is 0 Å². The van der Waals surface area contributed by atoms with E-state index in [-0.39, 0.29) is 11.8 Å². The van der Waals surface area contributed by atoms with Crippen LogP contribution in [-0.2, 0) is 4.79 Å². The zero-order valence-electron chi connectivity index (χ0n) is 13.4. The molecule has 1 atom stereocenters. The van der Waals surface area contributed by atoms with Gasteiger partial charge in [0.1, 0.15) is 0 Å². The number of piperidine rings is 1. The van der Waals surface area contributed by atoms with Gasteiger partial charge in [-0.15, -0.1) is 0 Å². The van der Waals surface area contributed by atoms with Crippen molar-refractivity contribution in [3.05, 3.63) is 30.3 Å². The number of anilines is 1. The Morgan fingerprint density at radius 1 is 0.957 bits per heavy atom. The maximum absolute atomic E-state index is 12.7. The second-order valence-corrected chi connectivity index (χ2v) is 6.27. The first kappa shape index (κ1) is 15.6. The van der Waals surface area contributed by atoms with E-state index in [4.69, 9.17) is 5.73 Å². The number of amides is 3. The first-order valence-electron chi connectivity index (χ1n) is 8.28. The highest BCUT2D eigenvalue weighted by Gasteiger charge is 2.32. The van der Waals surface area contributed by atoms with Gasteiger partial charge < -0.3 is 20.4 Å². The van der Waals surface area contributed by atoms with Crippen LogP contribution in [0.5, 0.6) is 0 Å². The van der Waals surface area contributed by atoms with Crippen LogP contribution in [0.3, 0.4) is 0 Å². The molecule has 0 spiro atoms. The van der Waals surface area contributed by atoms with Crippen molar-refractivity contribution in [3.8, 4) is 0 Å². The number of primary amides is 1. The lowest BCUT2D eigenvalue weighted by Gasteiger charge is -2.39. The van der Waals surface area contributed by atoms with E-state index in [1.807, 2.05) is 23.1 Å². The summed E-state index contributed by atoms with van der Waals surface area (Å²) in [6, 6.07) is 9.86. The maximum Gasteiger partial charge on any atom is 0.314 e. The first-order valence-corrected chi connectivity index (χ1v) is 8.28. The summed E-state index contributed by atoms with van der Waals surface area (Å²) >= 11 is 0. The Labute approximate surface area is 136 Å². The molecule has 0 radical (unpaired) electrons. The summed E-state index contributed by atoms with van der Waals surface area (Å²) in [5.74, 6) is 0.0724. The minimum absolute atomic E-state index is 0.0977. The third-order valence-electron chi connectivity index (χ3n) is 4.79.